The Balaban J connectivity index is 1.61. The highest BCUT2D eigenvalue weighted by molar-refractivity contribution is 7.21. The summed E-state index contributed by atoms with van der Waals surface area (Å²) >= 11 is 1.16. The van der Waals surface area contributed by atoms with Crippen LogP contribution in [-0.2, 0) is 13.0 Å². The van der Waals surface area contributed by atoms with E-state index in [0.717, 1.165) is 45.9 Å². The second kappa shape index (κ2) is 7.31. The van der Waals surface area contributed by atoms with Gasteiger partial charge >= 0.3 is 0 Å². The van der Waals surface area contributed by atoms with Crippen LogP contribution in [0, 0.1) is 0 Å². The van der Waals surface area contributed by atoms with Gasteiger partial charge in [0.05, 0.1) is 23.4 Å². The number of rotatable bonds is 5. The summed E-state index contributed by atoms with van der Waals surface area (Å²) in [5.41, 5.74) is 15.5. The third-order valence-corrected chi connectivity index (χ3v) is 6.17. The van der Waals surface area contributed by atoms with E-state index in [1.165, 1.54) is 6.33 Å². The van der Waals surface area contributed by atoms with Crippen molar-refractivity contribution in [3.05, 3.63) is 64.8 Å². The summed E-state index contributed by atoms with van der Waals surface area (Å²) in [5, 5.41) is 0.614. The molecule has 7 nitrogen and oxygen atoms in total. The van der Waals surface area contributed by atoms with Crippen molar-refractivity contribution in [3.8, 4) is 22.8 Å². The number of carbonyl (C=O) groups excluding carboxylic acids is 1. The molecule has 0 bridgehead atoms. The Morgan fingerprint density at radius 2 is 2.03 bits per heavy atom. The zero-order valence-electron chi connectivity index (χ0n) is 15.9. The van der Waals surface area contributed by atoms with E-state index in [1.54, 1.807) is 0 Å². The van der Waals surface area contributed by atoms with Crippen molar-refractivity contribution in [2.75, 3.05) is 12.3 Å². The molecule has 0 aliphatic carbocycles. The summed E-state index contributed by atoms with van der Waals surface area (Å²) in [4.78, 5) is 21.3. The lowest BCUT2D eigenvalue weighted by atomic mass is 10.0. The zero-order chi connectivity index (χ0) is 20.7. The molecule has 0 saturated carbocycles. The average Bonchev–Trinajstić information content (AvgIpc) is 3.37. The lowest BCUT2D eigenvalue weighted by Gasteiger charge is -2.13. The van der Waals surface area contributed by atoms with E-state index in [9.17, 15) is 4.79 Å². The standard InChI is InChI=1S/C22H18N4O3S/c23-18-17-19(25-11-26-22(17)30-20(18)21(24)27)13-8-15-14(6-7-28-15)16(9-13)29-10-12-4-2-1-3-5-12/h1-5,8-9,11H,6-7,10,23H2,(H2,24,27). The maximum absolute atomic E-state index is 11.7. The van der Waals surface area contributed by atoms with E-state index in [1.807, 2.05) is 42.5 Å². The number of thiophene rings is 1. The third-order valence-electron chi connectivity index (χ3n) is 5.04. The van der Waals surface area contributed by atoms with Crippen LogP contribution in [0.4, 0.5) is 5.69 Å². The fraction of sp³-hybridized carbons (Fsp3) is 0.136. The summed E-state index contributed by atoms with van der Waals surface area (Å²) in [7, 11) is 0. The second-order valence-corrected chi connectivity index (χ2v) is 7.93. The summed E-state index contributed by atoms with van der Waals surface area (Å²) in [6, 6.07) is 13.9. The Bertz CT molecular complexity index is 1270. The van der Waals surface area contributed by atoms with E-state index in [-0.39, 0.29) is 4.88 Å². The number of carbonyl (C=O) groups is 1. The van der Waals surface area contributed by atoms with Gasteiger partial charge < -0.3 is 20.9 Å². The first-order chi connectivity index (χ1) is 14.6. The summed E-state index contributed by atoms with van der Waals surface area (Å²) in [5.74, 6) is 0.941. The van der Waals surface area contributed by atoms with Gasteiger partial charge in [0.1, 0.15) is 34.1 Å². The quantitative estimate of drug-likeness (QED) is 0.512. The number of hydrogen-bond acceptors (Lipinski definition) is 7. The molecule has 5 rings (SSSR count). The molecule has 8 heteroatoms. The highest BCUT2D eigenvalue weighted by Gasteiger charge is 2.23. The van der Waals surface area contributed by atoms with Crippen molar-refractivity contribution in [1.29, 1.82) is 0 Å². The highest BCUT2D eigenvalue weighted by Crippen LogP contribution is 2.42. The van der Waals surface area contributed by atoms with E-state index in [4.69, 9.17) is 20.9 Å². The average molecular weight is 418 g/mol. The van der Waals surface area contributed by atoms with Crippen molar-refractivity contribution in [3.63, 3.8) is 0 Å². The minimum Gasteiger partial charge on any atom is -0.493 e. The molecule has 4 N–H and O–H groups in total. The van der Waals surface area contributed by atoms with Crippen LogP contribution in [0.2, 0.25) is 0 Å². The Kier molecular flexibility index (Phi) is 4.48. The molecule has 0 atom stereocenters. The van der Waals surface area contributed by atoms with E-state index >= 15 is 0 Å². The molecular formula is C22H18N4O3S. The number of hydrogen-bond donors (Lipinski definition) is 2. The molecule has 1 aliphatic rings. The minimum absolute atomic E-state index is 0.282. The Labute approximate surface area is 176 Å². The number of anilines is 1. The van der Waals surface area contributed by atoms with Crippen LogP contribution in [0.5, 0.6) is 11.5 Å². The van der Waals surface area contributed by atoms with Gasteiger partial charge in [0.25, 0.3) is 5.91 Å². The van der Waals surface area contributed by atoms with E-state index < -0.39 is 5.91 Å². The van der Waals surface area contributed by atoms with Gasteiger partial charge in [-0.1, -0.05) is 30.3 Å². The van der Waals surface area contributed by atoms with E-state index in [2.05, 4.69) is 9.97 Å². The van der Waals surface area contributed by atoms with Crippen LogP contribution in [0.3, 0.4) is 0 Å². The van der Waals surface area contributed by atoms with Crippen molar-refractivity contribution < 1.29 is 14.3 Å². The number of primary amides is 1. The van der Waals surface area contributed by atoms with Gasteiger partial charge in [0.15, 0.2) is 0 Å². The summed E-state index contributed by atoms with van der Waals surface area (Å²) in [6.07, 6.45) is 2.24. The van der Waals surface area contributed by atoms with Crippen molar-refractivity contribution in [2.45, 2.75) is 13.0 Å². The Morgan fingerprint density at radius 1 is 1.20 bits per heavy atom. The van der Waals surface area contributed by atoms with Crippen LogP contribution >= 0.6 is 11.3 Å². The summed E-state index contributed by atoms with van der Waals surface area (Å²) < 4.78 is 12.0. The number of nitrogens with two attached hydrogens (primary N) is 2. The second-order valence-electron chi connectivity index (χ2n) is 6.94. The topological polar surface area (TPSA) is 113 Å². The number of ether oxygens (including phenoxy) is 2. The molecule has 0 unspecified atom stereocenters. The highest BCUT2D eigenvalue weighted by atomic mass is 32.1. The van der Waals surface area contributed by atoms with Gasteiger partial charge in [-0.05, 0) is 17.7 Å². The van der Waals surface area contributed by atoms with E-state index in [0.29, 0.717) is 34.8 Å². The Morgan fingerprint density at radius 3 is 2.83 bits per heavy atom. The molecule has 4 aromatic rings. The largest absolute Gasteiger partial charge is 0.493 e. The molecule has 30 heavy (non-hydrogen) atoms. The lowest BCUT2D eigenvalue weighted by Crippen LogP contribution is -2.10. The number of nitrogen functional groups attached to an aromatic ring is 1. The number of aromatic nitrogens is 2. The molecule has 2 aromatic carbocycles. The van der Waals surface area contributed by atoms with Crippen LogP contribution in [0.25, 0.3) is 21.5 Å². The first-order valence-electron chi connectivity index (χ1n) is 9.41. The molecule has 2 aromatic heterocycles. The molecule has 150 valence electrons. The summed E-state index contributed by atoms with van der Waals surface area (Å²) in [6.45, 7) is 1.05. The third kappa shape index (κ3) is 3.11. The van der Waals surface area contributed by atoms with Gasteiger partial charge in [0, 0.05) is 17.5 Å². The van der Waals surface area contributed by atoms with Gasteiger partial charge in [0.2, 0.25) is 0 Å². The van der Waals surface area contributed by atoms with Crippen molar-refractivity contribution >= 4 is 33.1 Å². The molecule has 0 radical (unpaired) electrons. The van der Waals surface area contributed by atoms with Gasteiger partial charge in [-0.3, -0.25) is 4.79 Å². The van der Waals surface area contributed by atoms with Gasteiger partial charge in [-0.25, -0.2) is 9.97 Å². The molecule has 0 spiro atoms. The van der Waals surface area contributed by atoms with Crippen LogP contribution < -0.4 is 20.9 Å². The van der Waals surface area contributed by atoms with Crippen LogP contribution in [0.1, 0.15) is 20.8 Å². The van der Waals surface area contributed by atoms with Crippen molar-refractivity contribution in [2.24, 2.45) is 5.73 Å². The van der Waals surface area contributed by atoms with Gasteiger partial charge in [-0.15, -0.1) is 11.3 Å². The monoisotopic (exact) mass is 418 g/mol. The first-order valence-corrected chi connectivity index (χ1v) is 10.2. The number of fused-ring (bicyclic) bond motifs is 2. The molecule has 0 fully saturated rings. The predicted octanol–water partition coefficient (Wildman–Crippen LogP) is 3.55. The number of benzene rings is 2. The van der Waals surface area contributed by atoms with Gasteiger partial charge in [-0.2, -0.15) is 0 Å². The maximum Gasteiger partial charge on any atom is 0.260 e. The maximum atomic E-state index is 11.7. The molecular weight excluding hydrogens is 400 g/mol. The fourth-order valence-corrected chi connectivity index (χ4v) is 4.53. The molecule has 3 heterocycles. The van der Waals surface area contributed by atoms with Crippen LogP contribution in [0.15, 0.2) is 48.8 Å². The van der Waals surface area contributed by atoms with Crippen LogP contribution in [-0.4, -0.2) is 22.5 Å². The predicted molar refractivity (Wildman–Crippen MR) is 116 cm³/mol. The lowest BCUT2D eigenvalue weighted by molar-refractivity contribution is 0.100. The Hall–Kier alpha value is -3.65. The normalized spacial score (nSPS) is 12.5. The first kappa shape index (κ1) is 18.4. The van der Waals surface area contributed by atoms with Crippen molar-refractivity contribution in [1.82, 2.24) is 9.97 Å². The minimum atomic E-state index is -0.578. The zero-order valence-corrected chi connectivity index (χ0v) is 16.7. The molecule has 1 amide bonds. The molecule has 0 saturated heterocycles. The fourth-order valence-electron chi connectivity index (χ4n) is 3.62. The molecule has 1 aliphatic heterocycles. The number of amides is 1. The smallest absolute Gasteiger partial charge is 0.260 e. The number of nitrogens with zero attached hydrogens (tertiary/aromatic N) is 2. The SMILES string of the molecule is NC(=O)c1sc2ncnc(-c3cc4c(c(OCc5ccccc5)c3)CCO4)c2c1N.